The molecule has 0 amide bonds. The summed E-state index contributed by atoms with van der Waals surface area (Å²) in [7, 11) is 0. The first-order valence-corrected chi connectivity index (χ1v) is 8.27. The van der Waals surface area contributed by atoms with Crippen LogP contribution in [0.2, 0.25) is 0 Å². The van der Waals surface area contributed by atoms with E-state index >= 15 is 0 Å². The molecule has 1 N–H and O–H groups in total. The maximum Gasteiger partial charge on any atom is 0.177 e. The third kappa shape index (κ3) is 2.46. The average molecular weight is 341 g/mol. The van der Waals surface area contributed by atoms with Crippen LogP contribution in [0.5, 0.6) is 0 Å². The number of aromatic nitrogens is 7. The topological polar surface area (TPSA) is 77.2 Å². The molecule has 0 atom stereocenters. The van der Waals surface area contributed by atoms with E-state index in [1.165, 1.54) is 0 Å². The summed E-state index contributed by atoms with van der Waals surface area (Å²) >= 11 is 0. The zero-order valence-electron chi connectivity index (χ0n) is 13.8. The number of hydrogen-bond acceptors (Lipinski definition) is 4. The fourth-order valence-electron chi connectivity index (χ4n) is 3.04. The molecule has 126 valence electrons. The van der Waals surface area contributed by atoms with Gasteiger partial charge in [0.25, 0.3) is 0 Å². The predicted octanol–water partition coefficient (Wildman–Crippen LogP) is 3.06. The van der Waals surface area contributed by atoms with Crippen LogP contribution in [0.4, 0.5) is 0 Å². The number of aromatic amines is 1. The molecule has 5 aromatic rings. The Morgan fingerprint density at radius 1 is 0.923 bits per heavy atom. The number of hydrogen-bond donors (Lipinski definition) is 1. The van der Waals surface area contributed by atoms with E-state index in [9.17, 15) is 0 Å². The lowest BCUT2D eigenvalue weighted by Crippen LogP contribution is -2.02. The second-order valence-electron chi connectivity index (χ2n) is 5.96. The minimum absolute atomic E-state index is 0.630. The van der Waals surface area contributed by atoms with E-state index < -0.39 is 0 Å². The Hall–Kier alpha value is -3.74. The van der Waals surface area contributed by atoms with Gasteiger partial charge in [0.1, 0.15) is 5.52 Å². The number of nitrogens with zero attached hydrogens (tertiary/aromatic N) is 6. The van der Waals surface area contributed by atoms with Gasteiger partial charge in [-0.1, -0.05) is 6.07 Å². The van der Waals surface area contributed by atoms with Crippen LogP contribution in [0.1, 0.15) is 5.56 Å². The molecule has 0 saturated carbocycles. The van der Waals surface area contributed by atoms with Crippen molar-refractivity contribution < 1.29 is 0 Å². The normalized spacial score (nSPS) is 11.2. The molecule has 5 aromatic heterocycles. The Morgan fingerprint density at radius 2 is 1.81 bits per heavy atom. The Bertz CT molecular complexity index is 1150. The highest BCUT2D eigenvalue weighted by Gasteiger charge is 2.14. The van der Waals surface area contributed by atoms with Crippen LogP contribution in [0.15, 0.2) is 73.6 Å². The van der Waals surface area contributed by atoms with Gasteiger partial charge in [0.2, 0.25) is 0 Å². The molecule has 0 aliphatic heterocycles. The van der Waals surface area contributed by atoms with Crippen molar-refractivity contribution in [2.24, 2.45) is 0 Å². The number of pyridine rings is 2. The number of nitrogens with one attached hydrogen (secondary N) is 1. The SMILES string of the molecule is c1cncc(Cn2ncc3[nH]c(-c4cccn4-c4cccnc4)nc32)c1. The van der Waals surface area contributed by atoms with Crippen LogP contribution in [-0.2, 0) is 6.54 Å². The second-order valence-corrected chi connectivity index (χ2v) is 5.96. The van der Waals surface area contributed by atoms with Crippen molar-refractivity contribution in [2.45, 2.75) is 6.54 Å². The summed E-state index contributed by atoms with van der Waals surface area (Å²) in [6.45, 7) is 0.630. The van der Waals surface area contributed by atoms with Gasteiger partial charge in [-0.05, 0) is 35.9 Å². The molecule has 0 saturated heterocycles. The molecule has 5 heterocycles. The number of imidazole rings is 1. The van der Waals surface area contributed by atoms with Gasteiger partial charge in [-0.3, -0.25) is 9.97 Å². The fourth-order valence-corrected chi connectivity index (χ4v) is 3.04. The van der Waals surface area contributed by atoms with Crippen molar-refractivity contribution in [2.75, 3.05) is 0 Å². The quantitative estimate of drug-likeness (QED) is 0.545. The number of H-pyrrole nitrogens is 1. The summed E-state index contributed by atoms with van der Waals surface area (Å²) in [4.78, 5) is 16.5. The maximum atomic E-state index is 4.78. The van der Waals surface area contributed by atoms with E-state index in [0.717, 1.165) is 33.9 Å². The van der Waals surface area contributed by atoms with E-state index in [-0.39, 0.29) is 0 Å². The highest BCUT2D eigenvalue weighted by Crippen LogP contribution is 2.24. The van der Waals surface area contributed by atoms with Crippen molar-refractivity contribution in [3.05, 3.63) is 79.1 Å². The highest BCUT2D eigenvalue weighted by molar-refractivity contribution is 5.75. The van der Waals surface area contributed by atoms with Crippen molar-refractivity contribution >= 4 is 11.2 Å². The second kappa shape index (κ2) is 5.96. The van der Waals surface area contributed by atoms with Crippen molar-refractivity contribution in [1.82, 2.24) is 34.3 Å². The van der Waals surface area contributed by atoms with Gasteiger partial charge in [-0.25, -0.2) is 9.67 Å². The molecule has 5 rings (SSSR count). The molecule has 0 aliphatic rings. The minimum atomic E-state index is 0.630. The third-order valence-electron chi connectivity index (χ3n) is 4.25. The molecule has 0 unspecified atom stereocenters. The summed E-state index contributed by atoms with van der Waals surface area (Å²) < 4.78 is 3.94. The van der Waals surface area contributed by atoms with Gasteiger partial charge < -0.3 is 9.55 Å². The van der Waals surface area contributed by atoms with Gasteiger partial charge in [-0.15, -0.1) is 0 Å². The largest absolute Gasteiger partial charge is 0.334 e. The van der Waals surface area contributed by atoms with Crippen molar-refractivity contribution in [3.8, 4) is 17.2 Å². The van der Waals surface area contributed by atoms with E-state index in [0.29, 0.717) is 6.54 Å². The Balaban J connectivity index is 1.55. The minimum Gasteiger partial charge on any atom is -0.334 e. The molecular weight excluding hydrogens is 326 g/mol. The zero-order valence-corrected chi connectivity index (χ0v) is 13.8. The lowest BCUT2D eigenvalue weighted by Gasteiger charge is -2.06. The lowest BCUT2D eigenvalue weighted by atomic mass is 10.3. The third-order valence-corrected chi connectivity index (χ3v) is 4.25. The molecule has 0 spiro atoms. The van der Waals surface area contributed by atoms with Crippen LogP contribution in [0.25, 0.3) is 28.4 Å². The molecule has 0 bridgehead atoms. The molecule has 7 heteroatoms. The van der Waals surface area contributed by atoms with Crippen molar-refractivity contribution in [1.29, 1.82) is 0 Å². The summed E-state index contributed by atoms with van der Waals surface area (Å²) in [6, 6.07) is 11.9. The fraction of sp³-hybridized carbons (Fsp3) is 0.0526. The maximum absolute atomic E-state index is 4.78. The van der Waals surface area contributed by atoms with Gasteiger partial charge in [0.15, 0.2) is 11.5 Å². The molecule has 7 nitrogen and oxygen atoms in total. The summed E-state index contributed by atoms with van der Waals surface area (Å²) in [5.41, 5.74) is 4.78. The van der Waals surface area contributed by atoms with E-state index in [1.54, 1.807) is 18.6 Å². The van der Waals surface area contributed by atoms with Crippen LogP contribution >= 0.6 is 0 Å². The van der Waals surface area contributed by atoms with E-state index in [1.807, 2.05) is 59.7 Å². The Morgan fingerprint density at radius 3 is 2.62 bits per heavy atom. The molecule has 0 radical (unpaired) electrons. The van der Waals surface area contributed by atoms with E-state index in [2.05, 4.69) is 24.6 Å². The molecule has 26 heavy (non-hydrogen) atoms. The smallest absolute Gasteiger partial charge is 0.177 e. The van der Waals surface area contributed by atoms with Crippen molar-refractivity contribution in [3.63, 3.8) is 0 Å². The molecule has 0 aliphatic carbocycles. The summed E-state index contributed by atoms with van der Waals surface area (Å²) in [5.74, 6) is 0.797. The van der Waals surface area contributed by atoms with Gasteiger partial charge >= 0.3 is 0 Å². The number of fused-ring (bicyclic) bond motifs is 1. The first kappa shape index (κ1) is 14.6. The predicted molar refractivity (Wildman–Crippen MR) is 97.8 cm³/mol. The number of rotatable bonds is 4. The van der Waals surface area contributed by atoms with Crippen LogP contribution in [0.3, 0.4) is 0 Å². The summed E-state index contributed by atoms with van der Waals surface area (Å²) in [5, 5.41) is 4.43. The van der Waals surface area contributed by atoms with Crippen LogP contribution < -0.4 is 0 Å². The average Bonchev–Trinajstić information content (AvgIpc) is 3.40. The molecular formula is C19H15N7. The van der Waals surface area contributed by atoms with Crippen LogP contribution in [-0.4, -0.2) is 34.3 Å². The highest BCUT2D eigenvalue weighted by atomic mass is 15.3. The molecule has 0 fully saturated rings. The first-order valence-electron chi connectivity index (χ1n) is 8.27. The standard InChI is InChI=1S/C19H15N7/c1-4-14(10-20-7-1)13-26-19-16(12-22-26)23-18(24-19)17-6-3-9-25(17)15-5-2-8-21-11-15/h1-12H,13H2,(H,23,24). The Kier molecular flexibility index (Phi) is 3.35. The van der Waals surface area contributed by atoms with Gasteiger partial charge in [-0.2, -0.15) is 5.10 Å². The van der Waals surface area contributed by atoms with Gasteiger partial charge in [0, 0.05) is 24.8 Å². The lowest BCUT2D eigenvalue weighted by molar-refractivity contribution is 0.702. The van der Waals surface area contributed by atoms with E-state index in [4.69, 9.17) is 4.98 Å². The van der Waals surface area contributed by atoms with Gasteiger partial charge in [0.05, 0.1) is 30.3 Å². The zero-order chi connectivity index (χ0) is 17.3. The molecule has 0 aromatic carbocycles. The Labute approximate surface area is 149 Å². The first-order chi connectivity index (χ1) is 12.9. The monoisotopic (exact) mass is 341 g/mol. The summed E-state index contributed by atoms with van der Waals surface area (Å²) in [6.07, 6.45) is 11.0. The van der Waals surface area contributed by atoms with Crippen LogP contribution in [0, 0.1) is 0 Å².